The maximum Gasteiger partial charge on any atom is 0.248 e. The minimum Gasteiger partial charge on any atom is -0.380 e. The summed E-state index contributed by atoms with van der Waals surface area (Å²) in [5, 5.41) is 22.2. The first-order valence-corrected chi connectivity index (χ1v) is 9.44. The molecule has 0 unspecified atom stereocenters. The van der Waals surface area contributed by atoms with Gasteiger partial charge in [0.2, 0.25) is 5.92 Å². The van der Waals surface area contributed by atoms with E-state index in [9.17, 15) is 19.0 Å². The summed E-state index contributed by atoms with van der Waals surface area (Å²) in [5.41, 5.74) is -1.40. The van der Waals surface area contributed by atoms with Crippen LogP contribution < -0.4 is 0 Å². The molecule has 0 aromatic heterocycles. The van der Waals surface area contributed by atoms with Gasteiger partial charge < -0.3 is 19.4 Å². The van der Waals surface area contributed by atoms with E-state index in [4.69, 9.17) is 4.74 Å². The van der Waals surface area contributed by atoms with E-state index in [1.54, 1.807) is 30.3 Å². The molecule has 0 bridgehead atoms. The third-order valence-electron chi connectivity index (χ3n) is 6.07. The minimum absolute atomic E-state index is 0.160. The number of nitrogens with zero attached hydrogens (tertiary/aromatic N) is 1. The zero-order valence-electron chi connectivity index (χ0n) is 15.6. The first-order chi connectivity index (χ1) is 12.1. The molecule has 0 amide bonds. The molecule has 1 aliphatic heterocycles. The van der Waals surface area contributed by atoms with Gasteiger partial charge in [0.1, 0.15) is 5.60 Å². The predicted octanol–water partition coefficient (Wildman–Crippen LogP) is 2.88. The van der Waals surface area contributed by atoms with Gasteiger partial charge in [0, 0.05) is 31.6 Å². The molecule has 1 heterocycles. The van der Waals surface area contributed by atoms with Crippen molar-refractivity contribution in [2.24, 2.45) is 5.92 Å². The van der Waals surface area contributed by atoms with Gasteiger partial charge in [-0.25, -0.2) is 8.78 Å². The number of quaternary nitrogens is 1. The maximum absolute atomic E-state index is 13.8. The van der Waals surface area contributed by atoms with Crippen molar-refractivity contribution in [3.05, 3.63) is 35.9 Å². The summed E-state index contributed by atoms with van der Waals surface area (Å²) in [7, 11) is 4.29. The van der Waals surface area contributed by atoms with Crippen molar-refractivity contribution in [2.45, 2.75) is 56.0 Å². The van der Waals surface area contributed by atoms with E-state index in [1.807, 2.05) is 0 Å². The van der Waals surface area contributed by atoms with E-state index in [-0.39, 0.29) is 18.9 Å². The van der Waals surface area contributed by atoms with E-state index in [1.165, 1.54) is 0 Å². The molecule has 1 aromatic rings. The fourth-order valence-corrected chi connectivity index (χ4v) is 4.28. The standard InChI is InChI=1S/C20H30F2NO3/c1-23(2)12-9-17(10-13-23)26-18(24)20(25,15-6-4-3-5-7-15)16-8-11-19(21,22)14-16/h3-7,16-18,24-25H,8-14H2,1-2H3/q+1/t16-,18-,20+/m1/s1. The Bertz CT molecular complexity index is 600. The van der Waals surface area contributed by atoms with Crippen molar-refractivity contribution in [3.8, 4) is 0 Å². The van der Waals surface area contributed by atoms with Crippen LogP contribution >= 0.6 is 0 Å². The molecule has 146 valence electrons. The smallest absolute Gasteiger partial charge is 0.248 e. The first kappa shape index (κ1) is 19.7. The number of alkyl halides is 2. The normalized spacial score (nSPS) is 29.2. The third kappa shape index (κ3) is 4.09. The Morgan fingerprint density at radius 1 is 1.15 bits per heavy atom. The van der Waals surface area contributed by atoms with Crippen LogP contribution in [-0.2, 0) is 10.3 Å². The molecule has 26 heavy (non-hydrogen) atoms. The fraction of sp³-hybridized carbons (Fsp3) is 0.700. The Kier molecular flexibility index (Phi) is 5.41. The number of ether oxygens (including phenoxy) is 1. The highest BCUT2D eigenvalue weighted by Gasteiger charge is 2.54. The van der Waals surface area contributed by atoms with Gasteiger partial charge in [-0.2, -0.15) is 0 Å². The highest BCUT2D eigenvalue weighted by Crippen LogP contribution is 2.49. The molecule has 3 rings (SSSR count). The Hall–Kier alpha value is -1.08. The van der Waals surface area contributed by atoms with Crippen LogP contribution in [0.5, 0.6) is 0 Å². The molecule has 1 saturated heterocycles. The predicted molar refractivity (Wildman–Crippen MR) is 94.6 cm³/mol. The molecule has 4 nitrogen and oxygen atoms in total. The summed E-state index contributed by atoms with van der Waals surface area (Å²) in [6, 6.07) is 8.61. The molecule has 2 fully saturated rings. The number of likely N-dealkylation sites (tertiary alicyclic amines) is 1. The summed E-state index contributed by atoms with van der Waals surface area (Å²) >= 11 is 0. The van der Waals surface area contributed by atoms with Crippen molar-refractivity contribution in [1.29, 1.82) is 0 Å². The highest BCUT2D eigenvalue weighted by atomic mass is 19.3. The van der Waals surface area contributed by atoms with Gasteiger partial charge in [-0.1, -0.05) is 30.3 Å². The Morgan fingerprint density at radius 2 is 1.77 bits per heavy atom. The molecule has 2 aliphatic rings. The topological polar surface area (TPSA) is 49.7 Å². The summed E-state index contributed by atoms with van der Waals surface area (Å²) in [6.07, 6.45) is -0.697. The summed E-state index contributed by atoms with van der Waals surface area (Å²) in [5.74, 6) is -3.55. The number of aliphatic hydroxyl groups excluding tert-OH is 1. The molecule has 2 N–H and O–H groups in total. The Balaban J connectivity index is 1.79. The van der Waals surface area contributed by atoms with Crippen LogP contribution in [0, 0.1) is 5.92 Å². The molecular formula is C20H30F2NO3+. The number of hydrogen-bond acceptors (Lipinski definition) is 3. The second-order valence-electron chi connectivity index (χ2n) is 8.56. The van der Waals surface area contributed by atoms with Gasteiger partial charge in [0.05, 0.1) is 33.3 Å². The van der Waals surface area contributed by atoms with E-state index < -0.39 is 30.2 Å². The van der Waals surface area contributed by atoms with Crippen LogP contribution in [0.25, 0.3) is 0 Å². The van der Waals surface area contributed by atoms with E-state index in [2.05, 4.69) is 14.1 Å². The average molecular weight is 370 g/mol. The van der Waals surface area contributed by atoms with E-state index in [0.717, 1.165) is 30.4 Å². The van der Waals surface area contributed by atoms with Crippen molar-refractivity contribution >= 4 is 0 Å². The zero-order valence-corrected chi connectivity index (χ0v) is 15.6. The second kappa shape index (κ2) is 7.15. The molecule has 0 spiro atoms. The summed E-state index contributed by atoms with van der Waals surface area (Å²) in [6.45, 7) is 1.84. The lowest BCUT2D eigenvalue weighted by atomic mass is 9.79. The first-order valence-electron chi connectivity index (χ1n) is 9.44. The third-order valence-corrected chi connectivity index (χ3v) is 6.07. The van der Waals surface area contributed by atoms with E-state index in [0.29, 0.717) is 5.56 Å². The summed E-state index contributed by atoms with van der Waals surface area (Å²) in [4.78, 5) is 0. The SMILES string of the molecule is C[N+]1(C)CCC(O[C@@H](O)[C@](O)(c2ccccc2)[C@@H]2CCC(F)(F)C2)CC1. The van der Waals surface area contributed by atoms with E-state index >= 15 is 0 Å². The fourth-order valence-electron chi connectivity index (χ4n) is 4.28. The van der Waals surface area contributed by atoms with Crippen molar-refractivity contribution in [1.82, 2.24) is 0 Å². The van der Waals surface area contributed by atoms with Crippen LogP contribution in [-0.4, -0.2) is 60.2 Å². The lowest BCUT2D eigenvalue weighted by Gasteiger charge is -2.42. The monoisotopic (exact) mass is 370 g/mol. The van der Waals surface area contributed by atoms with Gasteiger partial charge in [-0.3, -0.25) is 0 Å². The zero-order chi connectivity index (χ0) is 19.0. The number of halogens is 2. The van der Waals surface area contributed by atoms with Gasteiger partial charge in [0.15, 0.2) is 6.29 Å². The lowest BCUT2D eigenvalue weighted by molar-refractivity contribution is -0.896. The molecule has 1 saturated carbocycles. The quantitative estimate of drug-likeness (QED) is 0.619. The van der Waals surface area contributed by atoms with Gasteiger partial charge >= 0.3 is 0 Å². The Morgan fingerprint density at radius 3 is 2.31 bits per heavy atom. The van der Waals surface area contributed by atoms with Gasteiger partial charge in [0.25, 0.3) is 0 Å². The molecule has 6 heteroatoms. The minimum atomic E-state index is -2.81. The summed E-state index contributed by atoms with van der Waals surface area (Å²) < 4.78 is 34.4. The van der Waals surface area contributed by atoms with Crippen molar-refractivity contribution < 1.29 is 28.2 Å². The van der Waals surface area contributed by atoms with Crippen LogP contribution in [0.3, 0.4) is 0 Å². The van der Waals surface area contributed by atoms with Crippen LogP contribution in [0.15, 0.2) is 30.3 Å². The number of hydrogen-bond donors (Lipinski definition) is 2. The number of rotatable bonds is 5. The lowest BCUT2D eigenvalue weighted by Crippen LogP contribution is -2.52. The Labute approximate surface area is 154 Å². The van der Waals surface area contributed by atoms with Crippen LogP contribution in [0.4, 0.5) is 8.78 Å². The number of benzene rings is 1. The average Bonchev–Trinajstić information content (AvgIpc) is 2.97. The molecular weight excluding hydrogens is 340 g/mol. The highest BCUT2D eigenvalue weighted by molar-refractivity contribution is 5.25. The molecule has 1 aliphatic carbocycles. The second-order valence-corrected chi connectivity index (χ2v) is 8.56. The molecule has 3 atom stereocenters. The van der Waals surface area contributed by atoms with Crippen LogP contribution in [0.1, 0.15) is 37.7 Å². The van der Waals surface area contributed by atoms with Gasteiger partial charge in [-0.15, -0.1) is 0 Å². The van der Waals surface area contributed by atoms with Crippen LogP contribution in [0.2, 0.25) is 0 Å². The van der Waals surface area contributed by atoms with Crippen molar-refractivity contribution in [3.63, 3.8) is 0 Å². The number of piperidine rings is 1. The number of aliphatic hydroxyl groups is 2. The molecule has 0 radical (unpaired) electrons. The maximum atomic E-state index is 13.8. The largest absolute Gasteiger partial charge is 0.380 e. The van der Waals surface area contributed by atoms with Crippen molar-refractivity contribution in [2.75, 3.05) is 27.2 Å². The molecule has 1 aromatic carbocycles. The van der Waals surface area contributed by atoms with Gasteiger partial charge in [-0.05, 0) is 12.0 Å².